The molecule has 2 heterocycles. The summed E-state index contributed by atoms with van der Waals surface area (Å²) in [5.74, 6) is -0.895. The minimum absolute atomic E-state index is 0.0569. The molecule has 3 rings (SSSR count). The first kappa shape index (κ1) is 21.7. The van der Waals surface area contributed by atoms with Gasteiger partial charge in [-0.05, 0) is 30.7 Å². The van der Waals surface area contributed by atoms with E-state index < -0.39 is 25.8 Å². The summed E-state index contributed by atoms with van der Waals surface area (Å²) in [5, 5.41) is 0. The quantitative estimate of drug-likeness (QED) is 0.629. The summed E-state index contributed by atoms with van der Waals surface area (Å²) in [6.07, 6.45) is 0.364. The Bertz CT molecular complexity index is 995. The van der Waals surface area contributed by atoms with Gasteiger partial charge < -0.3 is 9.80 Å². The van der Waals surface area contributed by atoms with Crippen molar-refractivity contribution in [2.45, 2.75) is 11.3 Å². The topological polar surface area (TPSA) is 112 Å². The average molecular weight is 444 g/mol. The lowest BCUT2D eigenvalue weighted by molar-refractivity contribution is -0.136. The van der Waals surface area contributed by atoms with Crippen LogP contribution in [0.15, 0.2) is 29.2 Å². The van der Waals surface area contributed by atoms with Gasteiger partial charge in [0.15, 0.2) is 9.84 Å². The Morgan fingerprint density at radius 3 is 2.03 bits per heavy atom. The van der Waals surface area contributed by atoms with Crippen molar-refractivity contribution in [3.8, 4) is 0 Å². The van der Waals surface area contributed by atoms with E-state index in [-0.39, 0.29) is 28.2 Å². The van der Waals surface area contributed by atoms with Crippen LogP contribution < -0.4 is 0 Å². The Labute approximate surface area is 171 Å². The molecule has 2 aliphatic heterocycles. The molecule has 0 unspecified atom stereocenters. The first-order valence-corrected chi connectivity index (χ1v) is 12.6. The molecule has 1 atom stereocenters. The zero-order chi connectivity index (χ0) is 21.4. The molecule has 0 radical (unpaired) electrons. The first-order chi connectivity index (χ1) is 13.5. The summed E-state index contributed by atoms with van der Waals surface area (Å²) >= 11 is 0. The molecular formula is C18H25N3O6S2. The highest BCUT2D eigenvalue weighted by molar-refractivity contribution is 7.91. The molecule has 2 aliphatic rings. The van der Waals surface area contributed by atoms with Crippen molar-refractivity contribution in [2.24, 2.45) is 5.92 Å². The standard InChI is InChI=1S/C18H25N3O6S2/c1-19(2)29(26,27)16-5-3-14(4-6-16)17(22)20-8-10-21(11-9-20)18(23)15-7-12-28(24,25)13-15/h3-6,15H,7-13H2,1-2H3/t15-/m0/s1. The van der Waals surface area contributed by atoms with Gasteiger partial charge in [-0.1, -0.05) is 0 Å². The van der Waals surface area contributed by atoms with Crippen LogP contribution in [0, 0.1) is 5.92 Å². The van der Waals surface area contributed by atoms with Crippen molar-refractivity contribution in [1.82, 2.24) is 14.1 Å². The number of nitrogens with zero attached hydrogens (tertiary/aromatic N) is 3. The van der Waals surface area contributed by atoms with E-state index in [9.17, 15) is 26.4 Å². The van der Waals surface area contributed by atoms with Crippen LogP contribution in [0.1, 0.15) is 16.8 Å². The van der Waals surface area contributed by atoms with E-state index in [2.05, 4.69) is 0 Å². The van der Waals surface area contributed by atoms with Crippen molar-refractivity contribution < 1.29 is 26.4 Å². The van der Waals surface area contributed by atoms with Gasteiger partial charge in [-0.25, -0.2) is 21.1 Å². The zero-order valence-corrected chi connectivity index (χ0v) is 18.1. The molecule has 1 aromatic rings. The monoisotopic (exact) mass is 443 g/mol. The van der Waals surface area contributed by atoms with Gasteiger partial charge in [-0.2, -0.15) is 0 Å². The highest BCUT2D eigenvalue weighted by atomic mass is 32.2. The molecule has 2 fully saturated rings. The molecular weight excluding hydrogens is 418 g/mol. The third-order valence-electron chi connectivity index (χ3n) is 5.34. The molecule has 0 saturated carbocycles. The molecule has 29 heavy (non-hydrogen) atoms. The maximum Gasteiger partial charge on any atom is 0.253 e. The van der Waals surface area contributed by atoms with Gasteiger partial charge in [0.05, 0.1) is 22.3 Å². The maximum atomic E-state index is 12.7. The number of carbonyl (C=O) groups excluding carboxylic acids is 2. The summed E-state index contributed by atoms with van der Waals surface area (Å²) in [5.41, 5.74) is 0.379. The molecule has 9 nitrogen and oxygen atoms in total. The second kappa shape index (κ2) is 8.04. The summed E-state index contributed by atoms with van der Waals surface area (Å²) in [6.45, 7) is 1.41. The van der Waals surface area contributed by atoms with E-state index in [1.807, 2.05) is 0 Å². The van der Waals surface area contributed by atoms with E-state index in [1.165, 1.54) is 38.4 Å². The fourth-order valence-electron chi connectivity index (χ4n) is 3.54. The maximum absolute atomic E-state index is 12.7. The van der Waals surface area contributed by atoms with E-state index in [0.717, 1.165) is 4.31 Å². The number of benzene rings is 1. The van der Waals surface area contributed by atoms with Gasteiger partial charge >= 0.3 is 0 Å². The summed E-state index contributed by atoms with van der Waals surface area (Å²) < 4.78 is 48.5. The molecule has 0 bridgehead atoms. The molecule has 1 aromatic carbocycles. The fraction of sp³-hybridized carbons (Fsp3) is 0.556. The van der Waals surface area contributed by atoms with Gasteiger partial charge in [0, 0.05) is 45.8 Å². The van der Waals surface area contributed by atoms with Crippen molar-refractivity contribution in [3.05, 3.63) is 29.8 Å². The number of sulfonamides is 1. The van der Waals surface area contributed by atoms with Crippen LogP contribution in [0.4, 0.5) is 0 Å². The fourth-order valence-corrected chi connectivity index (χ4v) is 6.18. The Morgan fingerprint density at radius 2 is 1.55 bits per heavy atom. The van der Waals surface area contributed by atoms with Gasteiger partial charge in [0.25, 0.3) is 5.91 Å². The van der Waals surface area contributed by atoms with Crippen LogP contribution in [-0.4, -0.2) is 94.5 Å². The normalized spacial score (nSPS) is 22.1. The number of hydrogen-bond acceptors (Lipinski definition) is 6. The third kappa shape index (κ3) is 4.62. The van der Waals surface area contributed by atoms with Crippen LogP contribution >= 0.6 is 0 Å². The second-order valence-electron chi connectivity index (χ2n) is 7.53. The van der Waals surface area contributed by atoms with Crippen LogP contribution in [0.25, 0.3) is 0 Å². The van der Waals surface area contributed by atoms with Gasteiger partial charge in [-0.3, -0.25) is 9.59 Å². The Balaban J connectivity index is 1.60. The molecule has 11 heteroatoms. The lowest BCUT2D eigenvalue weighted by atomic mass is 10.1. The largest absolute Gasteiger partial charge is 0.339 e. The van der Waals surface area contributed by atoms with Crippen molar-refractivity contribution in [2.75, 3.05) is 51.8 Å². The SMILES string of the molecule is CN(C)S(=O)(=O)c1ccc(C(=O)N2CCN(C(=O)[C@H]3CCS(=O)(=O)C3)CC2)cc1. The van der Waals surface area contributed by atoms with E-state index >= 15 is 0 Å². The van der Waals surface area contributed by atoms with Gasteiger partial charge in [0.1, 0.15) is 0 Å². The second-order valence-corrected chi connectivity index (χ2v) is 11.9. The molecule has 0 spiro atoms. The number of piperazine rings is 1. The molecule has 2 amide bonds. The Morgan fingerprint density at radius 1 is 1.00 bits per heavy atom. The number of amides is 2. The zero-order valence-electron chi connectivity index (χ0n) is 16.4. The minimum atomic E-state index is -3.56. The van der Waals surface area contributed by atoms with Crippen LogP contribution in [0.3, 0.4) is 0 Å². The lowest BCUT2D eigenvalue weighted by Crippen LogP contribution is -2.52. The average Bonchev–Trinajstić information content (AvgIpc) is 3.06. The molecule has 2 saturated heterocycles. The number of carbonyl (C=O) groups is 2. The van der Waals surface area contributed by atoms with Gasteiger partial charge in [0.2, 0.25) is 15.9 Å². The van der Waals surface area contributed by atoms with E-state index in [1.54, 1.807) is 9.80 Å². The van der Waals surface area contributed by atoms with E-state index in [0.29, 0.717) is 38.2 Å². The summed E-state index contributed by atoms with van der Waals surface area (Å²) in [6, 6.07) is 5.78. The number of hydrogen-bond donors (Lipinski definition) is 0. The molecule has 160 valence electrons. The first-order valence-electron chi connectivity index (χ1n) is 9.32. The van der Waals surface area contributed by atoms with Crippen LogP contribution in [-0.2, 0) is 24.7 Å². The Hall–Kier alpha value is -1.98. The van der Waals surface area contributed by atoms with Crippen molar-refractivity contribution in [1.29, 1.82) is 0 Å². The summed E-state index contributed by atoms with van der Waals surface area (Å²) in [7, 11) is -3.79. The van der Waals surface area contributed by atoms with Gasteiger partial charge in [-0.15, -0.1) is 0 Å². The Kier molecular flexibility index (Phi) is 6.02. The van der Waals surface area contributed by atoms with Crippen LogP contribution in [0.2, 0.25) is 0 Å². The lowest BCUT2D eigenvalue weighted by Gasteiger charge is -2.36. The predicted octanol–water partition coefficient (Wildman–Crippen LogP) is -0.344. The van der Waals surface area contributed by atoms with E-state index in [4.69, 9.17) is 0 Å². The highest BCUT2D eigenvalue weighted by Gasteiger charge is 2.36. The predicted molar refractivity (Wildman–Crippen MR) is 107 cm³/mol. The van der Waals surface area contributed by atoms with Crippen LogP contribution in [0.5, 0.6) is 0 Å². The molecule has 0 aromatic heterocycles. The highest BCUT2D eigenvalue weighted by Crippen LogP contribution is 2.22. The number of sulfone groups is 1. The molecule has 0 aliphatic carbocycles. The smallest absolute Gasteiger partial charge is 0.253 e. The summed E-state index contributed by atoms with van der Waals surface area (Å²) in [4.78, 5) is 28.6. The third-order valence-corrected chi connectivity index (χ3v) is 8.94. The molecule has 0 N–H and O–H groups in total. The van der Waals surface area contributed by atoms with Crippen molar-refractivity contribution >= 4 is 31.7 Å². The van der Waals surface area contributed by atoms with Crippen molar-refractivity contribution in [3.63, 3.8) is 0 Å². The number of rotatable bonds is 4. The minimum Gasteiger partial charge on any atom is -0.339 e.